The first-order valence-electron chi connectivity index (χ1n) is 8.04. The minimum atomic E-state index is -0.430. The summed E-state index contributed by atoms with van der Waals surface area (Å²) >= 11 is 4.72. The van der Waals surface area contributed by atoms with Crippen LogP contribution in [0.5, 0.6) is 0 Å². The van der Waals surface area contributed by atoms with Crippen molar-refractivity contribution in [3.05, 3.63) is 50.9 Å². The highest BCUT2D eigenvalue weighted by molar-refractivity contribution is 9.10. The van der Waals surface area contributed by atoms with Crippen LogP contribution in [0.15, 0.2) is 44.6 Å². The third-order valence-electron chi connectivity index (χ3n) is 3.95. The lowest BCUT2D eigenvalue weighted by molar-refractivity contribution is -0.122. The summed E-state index contributed by atoms with van der Waals surface area (Å²) in [4.78, 5) is 39.1. The fourth-order valence-electron chi connectivity index (χ4n) is 2.63. The topological polar surface area (TPSA) is 84.3 Å². The van der Waals surface area contributed by atoms with Gasteiger partial charge >= 0.3 is 0 Å². The largest absolute Gasteiger partial charge is 0.350 e. The van der Waals surface area contributed by atoms with Gasteiger partial charge < -0.3 is 10.2 Å². The van der Waals surface area contributed by atoms with Crippen LogP contribution >= 0.6 is 27.7 Å². The fourth-order valence-corrected chi connectivity index (χ4v) is 3.95. The molecule has 0 unspecified atom stereocenters. The van der Waals surface area contributed by atoms with Gasteiger partial charge in [-0.3, -0.25) is 14.4 Å². The number of aromatic nitrogens is 2. The van der Waals surface area contributed by atoms with E-state index < -0.39 is 5.56 Å². The summed E-state index contributed by atoms with van der Waals surface area (Å²) in [6.45, 7) is 2.36. The van der Waals surface area contributed by atoms with Crippen LogP contribution in [0.25, 0.3) is 0 Å². The van der Waals surface area contributed by atoms with Crippen molar-refractivity contribution < 1.29 is 9.59 Å². The van der Waals surface area contributed by atoms with Crippen molar-refractivity contribution in [2.24, 2.45) is 0 Å². The Morgan fingerprint density at radius 1 is 1.35 bits per heavy atom. The molecule has 0 radical (unpaired) electrons. The number of anilines is 1. The maximum absolute atomic E-state index is 12.7. The maximum atomic E-state index is 12.7. The molecule has 1 aromatic carbocycles. The Labute approximate surface area is 162 Å². The predicted molar refractivity (Wildman–Crippen MR) is 103 cm³/mol. The van der Waals surface area contributed by atoms with Crippen molar-refractivity contribution in [1.82, 2.24) is 15.1 Å². The number of carbonyl (C=O) groups is 2. The standard InChI is InChI=1S/C17H17BrN4O3S/c1-2-21-15(24)10-26-13-8-20-22(17(25)16(13)21)9-14(23)19-7-11-5-3-4-6-12(11)18/h3-6,8H,2,7,9-10H2,1H3,(H,19,23). The molecule has 0 aliphatic carbocycles. The summed E-state index contributed by atoms with van der Waals surface area (Å²) in [5, 5.41) is 6.85. The van der Waals surface area contributed by atoms with Gasteiger partial charge in [0.2, 0.25) is 11.8 Å². The van der Waals surface area contributed by atoms with E-state index in [2.05, 4.69) is 26.3 Å². The summed E-state index contributed by atoms with van der Waals surface area (Å²) in [5.41, 5.74) is 0.814. The second-order valence-corrected chi connectivity index (χ2v) is 7.49. The highest BCUT2D eigenvalue weighted by Crippen LogP contribution is 2.31. The lowest BCUT2D eigenvalue weighted by atomic mass is 10.2. The number of rotatable bonds is 5. The molecular weight excluding hydrogens is 420 g/mol. The second-order valence-electron chi connectivity index (χ2n) is 5.62. The van der Waals surface area contributed by atoms with E-state index in [9.17, 15) is 14.4 Å². The number of halogens is 1. The smallest absolute Gasteiger partial charge is 0.292 e. The molecule has 1 aliphatic rings. The number of carbonyl (C=O) groups excluding carboxylic acids is 2. The van der Waals surface area contributed by atoms with Crippen LogP contribution in [-0.2, 0) is 22.7 Å². The number of hydrogen-bond acceptors (Lipinski definition) is 5. The molecule has 26 heavy (non-hydrogen) atoms. The molecule has 2 aromatic rings. The molecule has 3 rings (SSSR count). The van der Waals surface area contributed by atoms with Crippen LogP contribution in [0.3, 0.4) is 0 Å². The zero-order valence-corrected chi connectivity index (χ0v) is 16.5. The van der Waals surface area contributed by atoms with E-state index in [1.165, 1.54) is 22.9 Å². The average molecular weight is 437 g/mol. The van der Waals surface area contributed by atoms with Crippen molar-refractivity contribution in [2.45, 2.75) is 24.9 Å². The molecule has 2 amide bonds. The molecule has 1 N–H and O–H groups in total. The van der Waals surface area contributed by atoms with Gasteiger partial charge in [0, 0.05) is 17.6 Å². The molecule has 136 valence electrons. The number of thioether (sulfide) groups is 1. The minimum Gasteiger partial charge on any atom is -0.350 e. The number of amides is 2. The zero-order valence-electron chi connectivity index (χ0n) is 14.1. The Hall–Kier alpha value is -2.13. The van der Waals surface area contributed by atoms with Gasteiger partial charge in [0.15, 0.2) is 0 Å². The van der Waals surface area contributed by atoms with E-state index >= 15 is 0 Å². The first-order chi connectivity index (χ1) is 12.5. The number of fused-ring (bicyclic) bond motifs is 1. The number of benzene rings is 1. The Morgan fingerprint density at radius 3 is 2.85 bits per heavy atom. The molecule has 0 spiro atoms. The summed E-state index contributed by atoms with van der Waals surface area (Å²) < 4.78 is 1.99. The van der Waals surface area contributed by atoms with Crippen molar-refractivity contribution in [3.63, 3.8) is 0 Å². The van der Waals surface area contributed by atoms with Gasteiger partial charge in [-0.05, 0) is 18.6 Å². The van der Waals surface area contributed by atoms with Crippen LogP contribution in [0, 0.1) is 0 Å². The molecule has 9 heteroatoms. The van der Waals surface area contributed by atoms with Crippen LogP contribution in [0.2, 0.25) is 0 Å². The molecule has 0 bridgehead atoms. The molecular formula is C17H17BrN4O3S. The van der Waals surface area contributed by atoms with Crippen LogP contribution < -0.4 is 15.8 Å². The molecule has 0 fully saturated rings. The first-order valence-corrected chi connectivity index (χ1v) is 9.82. The van der Waals surface area contributed by atoms with Gasteiger partial charge in [-0.15, -0.1) is 11.8 Å². The molecule has 0 saturated heterocycles. The highest BCUT2D eigenvalue weighted by atomic mass is 79.9. The van der Waals surface area contributed by atoms with Gasteiger partial charge in [-0.25, -0.2) is 4.68 Å². The van der Waals surface area contributed by atoms with E-state index in [4.69, 9.17) is 0 Å². The summed E-state index contributed by atoms with van der Waals surface area (Å²) in [7, 11) is 0. The minimum absolute atomic E-state index is 0.113. The first kappa shape index (κ1) is 18.7. The molecule has 1 aromatic heterocycles. The van der Waals surface area contributed by atoms with Crippen LogP contribution in [0.4, 0.5) is 5.69 Å². The summed E-state index contributed by atoms with van der Waals surface area (Å²) in [6.07, 6.45) is 1.54. The summed E-state index contributed by atoms with van der Waals surface area (Å²) in [6, 6.07) is 7.57. The normalized spacial score (nSPS) is 13.5. The van der Waals surface area contributed by atoms with Gasteiger partial charge in [0.25, 0.3) is 5.56 Å². The van der Waals surface area contributed by atoms with Crippen molar-refractivity contribution >= 4 is 45.2 Å². The van der Waals surface area contributed by atoms with E-state index in [0.717, 1.165) is 14.7 Å². The van der Waals surface area contributed by atoms with Crippen molar-refractivity contribution in [1.29, 1.82) is 0 Å². The lowest BCUT2D eigenvalue weighted by Gasteiger charge is -2.26. The van der Waals surface area contributed by atoms with Crippen LogP contribution in [0.1, 0.15) is 12.5 Å². The SMILES string of the molecule is CCN1C(=O)CSc2cnn(CC(=O)NCc3ccccc3Br)c(=O)c21. The van der Waals surface area contributed by atoms with E-state index in [-0.39, 0.29) is 18.4 Å². The number of hydrogen-bond donors (Lipinski definition) is 1. The Bertz CT molecular complexity index is 915. The predicted octanol–water partition coefficient (Wildman–Crippen LogP) is 1.78. The quantitative estimate of drug-likeness (QED) is 0.771. The Kier molecular flexibility index (Phi) is 5.77. The van der Waals surface area contributed by atoms with Gasteiger partial charge in [0.1, 0.15) is 12.2 Å². The van der Waals surface area contributed by atoms with Gasteiger partial charge in [0.05, 0.1) is 16.8 Å². The number of nitrogens with zero attached hydrogens (tertiary/aromatic N) is 3. The van der Waals surface area contributed by atoms with Gasteiger partial charge in [-0.1, -0.05) is 34.1 Å². The molecule has 0 saturated carbocycles. The van der Waals surface area contributed by atoms with E-state index in [0.29, 0.717) is 29.4 Å². The molecule has 2 heterocycles. The average Bonchev–Trinajstić information content (AvgIpc) is 2.63. The highest BCUT2D eigenvalue weighted by Gasteiger charge is 2.28. The molecule has 7 nitrogen and oxygen atoms in total. The molecule has 1 aliphatic heterocycles. The molecule has 0 atom stereocenters. The third kappa shape index (κ3) is 3.83. The lowest BCUT2D eigenvalue weighted by Crippen LogP contribution is -2.42. The van der Waals surface area contributed by atoms with Gasteiger partial charge in [-0.2, -0.15) is 5.10 Å². The van der Waals surface area contributed by atoms with Crippen molar-refractivity contribution in [3.8, 4) is 0 Å². The van der Waals surface area contributed by atoms with E-state index in [1.54, 1.807) is 0 Å². The monoisotopic (exact) mass is 436 g/mol. The zero-order chi connectivity index (χ0) is 18.7. The Morgan fingerprint density at radius 2 is 2.12 bits per heavy atom. The second kappa shape index (κ2) is 8.05. The van der Waals surface area contributed by atoms with E-state index in [1.807, 2.05) is 31.2 Å². The van der Waals surface area contributed by atoms with Crippen LogP contribution in [-0.4, -0.2) is 33.9 Å². The number of nitrogens with one attached hydrogen (secondary N) is 1. The summed E-state index contributed by atoms with van der Waals surface area (Å²) in [5.74, 6) is -0.148. The third-order valence-corrected chi connectivity index (χ3v) is 5.73. The Balaban J connectivity index is 1.75. The fraction of sp³-hybridized carbons (Fsp3) is 0.294. The maximum Gasteiger partial charge on any atom is 0.292 e. The van der Waals surface area contributed by atoms with Crippen molar-refractivity contribution in [2.75, 3.05) is 17.2 Å².